The summed E-state index contributed by atoms with van der Waals surface area (Å²) < 4.78 is 0. The predicted molar refractivity (Wildman–Crippen MR) is 57.0 cm³/mol. The number of rotatable bonds is 2. The SMILES string of the molecule is CCCC(O)C#CC1CC(O)C(=O)C1C. The highest BCUT2D eigenvalue weighted by Gasteiger charge is 2.37. The summed E-state index contributed by atoms with van der Waals surface area (Å²) in [4.78, 5) is 11.3. The van der Waals surface area contributed by atoms with Crippen LogP contribution in [0.15, 0.2) is 0 Å². The van der Waals surface area contributed by atoms with Crippen LogP contribution in [0.2, 0.25) is 0 Å². The van der Waals surface area contributed by atoms with Crippen molar-refractivity contribution in [2.45, 2.75) is 45.3 Å². The number of Topliss-reactive ketones (excluding diaryl/α,β-unsaturated/α-hetero) is 1. The number of aliphatic hydroxyl groups is 2. The minimum Gasteiger partial charge on any atom is -0.385 e. The maximum Gasteiger partial charge on any atom is 0.165 e. The number of carbonyl (C=O) groups excluding carboxylic acids is 1. The van der Waals surface area contributed by atoms with Crippen LogP contribution in [0.3, 0.4) is 0 Å². The highest BCUT2D eigenvalue weighted by Crippen LogP contribution is 2.27. The van der Waals surface area contributed by atoms with Gasteiger partial charge in [0.05, 0.1) is 0 Å². The molecule has 3 heteroatoms. The van der Waals surface area contributed by atoms with Crippen LogP contribution in [0.5, 0.6) is 0 Å². The van der Waals surface area contributed by atoms with E-state index in [-0.39, 0.29) is 17.6 Å². The van der Waals surface area contributed by atoms with Crippen molar-refractivity contribution >= 4 is 5.78 Å². The molecule has 0 aromatic carbocycles. The molecule has 3 nitrogen and oxygen atoms in total. The maximum atomic E-state index is 11.3. The van der Waals surface area contributed by atoms with Crippen LogP contribution in [0, 0.1) is 23.7 Å². The van der Waals surface area contributed by atoms with Crippen molar-refractivity contribution in [3.63, 3.8) is 0 Å². The highest BCUT2D eigenvalue weighted by molar-refractivity contribution is 5.87. The van der Waals surface area contributed by atoms with E-state index in [1.165, 1.54) is 0 Å². The zero-order chi connectivity index (χ0) is 11.4. The number of carbonyl (C=O) groups is 1. The topological polar surface area (TPSA) is 57.5 Å². The molecule has 0 saturated heterocycles. The average molecular weight is 210 g/mol. The van der Waals surface area contributed by atoms with Crippen molar-refractivity contribution in [3.05, 3.63) is 0 Å². The van der Waals surface area contributed by atoms with Crippen molar-refractivity contribution < 1.29 is 15.0 Å². The fourth-order valence-electron chi connectivity index (χ4n) is 1.80. The molecule has 2 N–H and O–H groups in total. The third kappa shape index (κ3) is 3.05. The van der Waals surface area contributed by atoms with Crippen LogP contribution in [-0.4, -0.2) is 28.2 Å². The third-order valence-corrected chi connectivity index (χ3v) is 2.86. The van der Waals surface area contributed by atoms with Gasteiger partial charge in [-0.25, -0.2) is 0 Å². The lowest BCUT2D eigenvalue weighted by molar-refractivity contribution is -0.127. The second-order valence-electron chi connectivity index (χ2n) is 4.14. The highest BCUT2D eigenvalue weighted by atomic mass is 16.3. The second kappa shape index (κ2) is 5.29. The summed E-state index contributed by atoms with van der Waals surface area (Å²) in [6, 6.07) is 0. The number of aliphatic hydroxyl groups excluding tert-OH is 2. The van der Waals surface area contributed by atoms with Gasteiger partial charge in [0.15, 0.2) is 5.78 Å². The monoisotopic (exact) mass is 210 g/mol. The van der Waals surface area contributed by atoms with E-state index >= 15 is 0 Å². The predicted octanol–water partition coefficient (Wildman–Crippen LogP) is 0.737. The van der Waals surface area contributed by atoms with E-state index in [0.29, 0.717) is 12.8 Å². The van der Waals surface area contributed by atoms with Gasteiger partial charge in [0, 0.05) is 11.8 Å². The molecule has 1 fully saturated rings. The molecule has 1 rings (SSSR count). The van der Waals surface area contributed by atoms with Crippen molar-refractivity contribution in [1.29, 1.82) is 0 Å². The van der Waals surface area contributed by atoms with Crippen LogP contribution < -0.4 is 0 Å². The Kier molecular flexibility index (Phi) is 4.31. The van der Waals surface area contributed by atoms with E-state index in [2.05, 4.69) is 11.8 Å². The quantitative estimate of drug-likeness (QED) is 0.661. The summed E-state index contributed by atoms with van der Waals surface area (Å²) in [5, 5.41) is 18.7. The molecule has 0 aromatic rings. The van der Waals surface area contributed by atoms with Gasteiger partial charge in [0.1, 0.15) is 12.2 Å². The Morgan fingerprint density at radius 1 is 1.60 bits per heavy atom. The van der Waals surface area contributed by atoms with Crippen LogP contribution in [0.4, 0.5) is 0 Å². The molecule has 1 aliphatic carbocycles. The van der Waals surface area contributed by atoms with E-state index in [4.69, 9.17) is 0 Å². The fourth-order valence-corrected chi connectivity index (χ4v) is 1.80. The van der Waals surface area contributed by atoms with Crippen molar-refractivity contribution in [3.8, 4) is 11.8 Å². The summed E-state index contributed by atoms with van der Waals surface area (Å²) >= 11 is 0. The first-order valence-electron chi connectivity index (χ1n) is 5.47. The van der Waals surface area contributed by atoms with Gasteiger partial charge in [-0.05, 0) is 12.8 Å². The van der Waals surface area contributed by atoms with Gasteiger partial charge in [0.2, 0.25) is 0 Å². The molecule has 0 amide bonds. The second-order valence-corrected chi connectivity index (χ2v) is 4.14. The molecule has 4 atom stereocenters. The molecular weight excluding hydrogens is 192 g/mol. The molecule has 0 radical (unpaired) electrons. The third-order valence-electron chi connectivity index (χ3n) is 2.86. The Hall–Kier alpha value is -0.850. The van der Waals surface area contributed by atoms with Gasteiger partial charge in [0.25, 0.3) is 0 Å². The summed E-state index contributed by atoms with van der Waals surface area (Å²) in [6.07, 6.45) is 0.492. The van der Waals surface area contributed by atoms with Gasteiger partial charge < -0.3 is 10.2 Å². The van der Waals surface area contributed by atoms with Crippen LogP contribution in [0.1, 0.15) is 33.1 Å². The Labute approximate surface area is 90.5 Å². The van der Waals surface area contributed by atoms with E-state index in [9.17, 15) is 15.0 Å². The molecule has 0 aromatic heterocycles. The molecule has 4 unspecified atom stereocenters. The van der Waals surface area contributed by atoms with Gasteiger partial charge >= 0.3 is 0 Å². The lowest BCUT2D eigenvalue weighted by atomic mass is 9.98. The Morgan fingerprint density at radius 2 is 2.27 bits per heavy atom. The molecule has 0 spiro atoms. The van der Waals surface area contributed by atoms with Crippen LogP contribution in [0.25, 0.3) is 0 Å². The molecule has 15 heavy (non-hydrogen) atoms. The number of hydrogen-bond donors (Lipinski definition) is 2. The first kappa shape index (κ1) is 12.2. The first-order chi connectivity index (χ1) is 7.06. The minimum absolute atomic E-state index is 0.0981. The zero-order valence-corrected chi connectivity index (χ0v) is 9.23. The van der Waals surface area contributed by atoms with Crippen molar-refractivity contribution in [2.75, 3.05) is 0 Å². The standard InChI is InChI=1S/C12H18O3/c1-3-4-10(13)6-5-9-7-11(14)12(15)8(9)2/h8-11,13-14H,3-4,7H2,1-2H3. The van der Waals surface area contributed by atoms with Crippen LogP contribution >= 0.6 is 0 Å². The molecular formula is C12H18O3. The summed E-state index contributed by atoms with van der Waals surface area (Å²) in [6.45, 7) is 3.76. The Balaban J connectivity index is 2.56. The van der Waals surface area contributed by atoms with Gasteiger partial charge in [-0.15, -0.1) is 0 Å². The normalized spacial score (nSPS) is 32.3. The lowest BCUT2D eigenvalue weighted by Gasteiger charge is -2.05. The van der Waals surface area contributed by atoms with Gasteiger partial charge in [-0.1, -0.05) is 32.1 Å². The van der Waals surface area contributed by atoms with E-state index in [1.807, 2.05) is 6.92 Å². The maximum absolute atomic E-state index is 11.3. The van der Waals surface area contributed by atoms with Crippen molar-refractivity contribution in [1.82, 2.24) is 0 Å². The summed E-state index contributed by atoms with van der Waals surface area (Å²) in [5.74, 6) is 5.20. The largest absolute Gasteiger partial charge is 0.385 e. The average Bonchev–Trinajstić information content (AvgIpc) is 2.43. The van der Waals surface area contributed by atoms with Gasteiger partial charge in [-0.2, -0.15) is 0 Å². The molecule has 0 bridgehead atoms. The lowest BCUT2D eigenvalue weighted by Crippen LogP contribution is -2.16. The molecule has 84 valence electrons. The smallest absolute Gasteiger partial charge is 0.165 e. The number of ketones is 1. The Morgan fingerprint density at radius 3 is 2.73 bits per heavy atom. The van der Waals surface area contributed by atoms with Crippen LogP contribution in [-0.2, 0) is 4.79 Å². The Bertz CT molecular complexity index is 287. The fraction of sp³-hybridized carbons (Fsp3) is 0.750. The van der Waals surface area contributed by atoms with E-state index in [0.717, 1.165) is 6.42 Å². The molecule has 0 heterocycles. The number of hydrogen-bond acceptors (Lipinski definition) is 3. The molecule has 1 saturated carbocycles. The minimum atomic E-state index is -0.859. The van der Waals surface area contributed by atoms with Gasteiger partial charge in [-0.3, -0.25) is 4.79 Å². The molecule has 0 aliphatic heterocycles. The van der Waals surface area contributed by atoms with E-state index in [1.54, 1.807) is 6.92 Å². The zero-order valence-electron chi connectivity index (χ0n) is 9.23. The van der Waals surface area contributed by atoms with Crippen molar-refractivity contribution in [2.24, 2.45) is 11.8 Å². The molecule has 1 aliphatic rings. The first-order valence-corrected chi connectivity index (χ1v) is 5.47. The summed E-state index contributed by atoms with van der Waals surface area (Å²) in [5.41, 5.74) is 0. The van der Waals surface area contributed by atoms with E-state index < -0.39 is 12.2 Å². The summed E-state index contributed by atoms with van der Waals surface area (Å²) in [7, 11) is 0.